The average Bonchev–Trinajstić information content (AvgIpc) is 3.28. The molecule has 1 aliphatic rings. The average molecular weight is 285 g/mol. The van der Waals surface area contributed by atoms with Crippen LogP contribution in [0.25, 0.3) is 0 Å². The summed E-state index contributed by atoms with van der Waals surface area (Å²) in [5, 5.41) is 3.51. The predicted molar refractivity (Wildman–Crippen MR) is 83.5 cm³/mol. The zero-order chi connectivity index (χ0) is 14.7. The lowest BCUT2D eigenvalue weighted by atomic mass is 10.2. The second-order valence-corrected chi connectivity index (χ2v) is 5.76. The van der Waals surface area contributed by atoms with Crippen molar-refractivity contribution in [2.24, 2.45) is 0 Å². The molecule has 0 spiro atoms. The molecule has 0 radical (unpaired) electrons. The molecule has 1 aromatic heterocycles. The predicted octanol–water partition coefficient (Wildman–Crippen LogP) is 2.83. The van der Waals surface area contributed by atoms with Crippen molar-refractivity contribution in [3.05, 3.63) is 47.5 Å². The second kappa shape index (κ2) is 6.31. The van der Waals surface area contributed by atoms with Crippen LogP contribution in [0.4, 0.5) is 0 Å². The van der Waals surface area contributed by atoms with Crippen LogP contribution in [0, 0.1) is 13.8 Å². The van der Waals surface area contributed by atoms with E-state index in [1.54, 1.807) is 0 Å². The van der Waals surface area contributed by atoms with Crippen molar-refractivity contribution in [3.63, 3.8) is 0 Å². The number of aromatic nitrogens is 2. The number of nitrogens with zero attached hydrogens (tertiary/aromatic N) is 2. The van der Waals surface area contributed by atoms with Crippen LogP contribution in [-0.2, 0) is 13.1 Å². The van der Waals surface area contributed by atoms with Crippen molar-refractivity contribution in [2.75, 3.05) is 6.61 Å². The highest BCUT2D eigenvalue weighted by atomic mass is 16.5. The fraction of sp³-hybridized carbons (Fsp3) is 0.471. The maximum absolute atomic E-state index is 5.80. The standard InChI is InChI=1S/C17H23N3O/c1-13-14(2)20(12-19-13)9-10-21-17-7-3-15(4-8-17)11-18-16-5-6-16/h3-4,7-8,12,16,18H,5-6,9-11H2,1-2H3. The van der Waals surface area contributed by atoms with Gasteiger partial charge in [-0.05, 0) is 44.4 Å². The molecule has 1 N–H and O–H groups in total. The molecule has 0 saturated heterocycles. The van der Waals surface area contributed by atoms with Crippen LogP contribution in [0.2, 0.25) is 0 Å². The van der Waals surface area contributed by atoms with E-state index in [-0.39, 0.29) is 0 Å². The molecule has 0 bridgehead atoms. The van der Waals surface area contributed by atoms with Crippen molar-refractivity contribution in [2.45, 2.75) is 45.8 Å². The topological polar surface area (TPSA) is 39.1 Å². The molecule has 3 rings (SSSR count). The van der Waals surface area contributed by atoms with Gasteiger partial charge >= 0.3 is 0 Å². The number of nitrogens with one attached hydrogen (secondary N) is 1. The van der Waals surface area contributed by atoms with Crippen LogP contribution < -0.4 is 10.1 Å². The molecule has 112 valence electrons. The van der Waals surface area contributed by atoms with Crippen molar-refractivity contribution in [3.8, 4) is 5.75 Å². The zero-order valence-electron chi connectivity index (χ0n) is 12.8. The highest BCUT2D eigenvalue weighted by Gasteiger charge is 2.19. The molecule has 1 aliphatic carbocycles. The van der Waals surface area contributed by atoms with Gasteiger partial charge in [0.15, 0.2) is 0 Å². The Kier molecular flexibility index (Phi) is 4.25. The minimum absolute atomic E-state index is 0.663. The maximum atomic E-state index is 5.80. The maximum Gasteiger partial charge on any atom is 0.119 e. The monoisotopic (exact) mass is 285 g/mol. The van der Waals surface area contributed by atoms with E-state index in [1.807, 2.05) is 13.3 Å². The first-order valence-electron chi connectivity index (χ1n) is 7.66. The summed E-state index contributed by atoms with van der Waals surface area (Å²) in [4.78, 5) is 4.29. The van der Waals surface area contributed by atoms with E-state index in [0.29, 0.717) is 6.61 Å². The van der Waals surface area contributed by atoms with E-state index in [2.05, 4.69) is 46.1 Å². The minimum atomic E-state index is 0.663. The van der Waals surface area contributed by atoms with Crippen LogP contribution in [0.5, 0.6) is 5.75 Å². The molecule has 1 saturated carbocycles. The fourth-order valence-electron chi connectivity index (χ4n) is 2.28. The third-order valence-corrected chi connectivity index (χ3v) is 4.04. The number of aryl methyl sites for hydroxylation is 1. The molecule has 1 aromatic carbocycles. The van der Waals surface area contributed by atoms with Gasteiger partial charge in [0.05, 0.1) is 18.6 Å². The van der Waals surface area contributed by atoms with Gasteiger partial charge in [-0.15, -0.1) is 0 Å². The Hall–Kier alpha value is -1.81. The number of benzene rings is 1. The van der Waals surface area contributed by atoms with E-state index < -0.39 is 0 Å². The van der Waals surface area contributed by atoms with Crippen LogP contribution in [0.1, 0.15) is 29.8 Å². The number of imidazole rings is 1. The van der Waals surface area contributed by atoms with E-state index in [1.165, 1.54) is 24.1 Å². The van der Waals surface area contributed by atoms with Crippen molar-refractivity contribution in [1.82, 2.24) is 14.9 Å². The number of rotatable bonds is 7. The number of ether oxygens (including phenoxy) is 1. The Bertz CT molecular complexity index is 585. The summed E-state index contributed by atoms with van der Waals surface area (Å²) in [7, 11) is 0. The van der Waals surface area contributed by atoms with E-state index in [9.17, 15) is 0 Å². The Morgan fingerprint density at radius 1 is 1.24 bits per heavy atom. The Labute approximate surface area is 126 Å². The van der Waals surface area contributed by atoms with Crippen LogP contribution in [0.15, 0.2) is 30.6 Å². The van der Waals surface area contributed by atoms with E-state index >= 15 is 0 Å². The van der Waals surface area contributed by atoms with E-state index in [4.69, 9.17) is 4.74 Å². The molecular weight excluding hydrogens is 262 g/mol. The summed E-state index contributed by atoms with van der Waals surface area (Å²) in [6.45, 7) is 6.57. The first-order chi connectivity index (χ1) is 10.2. The lowest BCUT2D eigenvalue weighted by Gasteiger charge is -2.09. The summed E-state index contributed by atoms with van der Waals surface area (Å²) in [6.07, 6.45) is 4.53. The molecule has 21 heavy (non-hydrogen) atoms. The summed E-state index contributed by atoms with van der Waals surface area (Å²) >= 11 is 0. The Morgan fingerprint density at radius 2 is 2.00 bits per heavy atom. The zero-order valence-corrected chi connectivity index (χ0v) is 12.8. The molecule has 0 amide bonds. The van der Waals surface area contributed by atoms with Crippen LogP contribution >= 0.6 is 0 Å². The highest BCUT2D eigenvalue weighted by Crippen LogP contribution is 2.20. The smallest absolute Gasteiger partial charge is 0.119 e. The molecule has 4 heteroatoms. The Morgan fingerprint density at radius 3 is 2.62 bits per heavy atom. The van der Waals surface area contributed by atoms with Crippen molar-refractivity contribution < 1.29 is 4.74 Å². The Balaban J connectivity index is 1.45. The van der Waals surface area contributed by atoms with Crippen LogP contribution in [-0.4, -0.2) is 22.2 Å². The first kappa shape index (κ1) is 14.1. The third kappa shape index (κ3) is 3.85. The van der Waals surface area contributed by atoms with Gasteiger partial charge in [0.2, 0.25) is 0 Å². The molecular formula is C17H23N3O. The minimum Gasteiger partial charge on any atom is -0.492 e. The molecule has 0 unspecified atom stereocenters. The second-order valence-electron chi connectivity index (χ2n) is 5.76. The number of hydrogen-bond donors (Lipinski definition) is 1. The van der Waals surface area contributed by atoms with Gasteiger partial charge in [-0.1, -0.05) is 12.1 Å². The highest BCUT2D eigenvalue weighted by molar-refractivity contribution is 5.27. The van der Waals surface area contributed by atoms with Gasteiger partial charge in [-0.25, -0.2) is 4.98 Å². The SMILES string of the molecule is Cc1ncn(CCOc2ccc(CNC3CC3)cc2)c1C. The van der Waals surface area contributed by atoms with Crippen molar-refractivity contribution >= 4 is 0 Å². The molecule has 4 nitrogen and oxygen atoms in total. The lowest BCUT2D eigenvalue weighted by Crippen LogP contribution is -2.15. The molecule has 0 aliphatic heterocycles. The summed E-state index contributed by atoms with van der Waals surface area (Å²) in [5.74, 6) is 0.930. The van der Waals surface area contributed by atoms with Gasteiger partial charge < -0.3 is 14.6 Å². The first-order valence-corrected chi connectivity index (χ1v) is 7.66. The van der Waals surface area contributed by atoms with Crippen LogP contribution in [0.3, 0.4) is 0 Å². The quantitative estimate of drug-likeness (QED) is 0.850. The van der Waals surface area contributed by atoms with Gasteiger partial charge in [-0.2, -0.15) is 0 Å². The number of hydrogen-bond acceptors (Lipinski definition) is 3. The lowest BCUT2D eigenvalue weighted by molar-refractivity contribution is 0.297. The molecule has 1 fully saturated rings. The fourth-order valence-corrected chi connectivity index (χ4v) is 2.28. The summed E-state index contributed by atoms with van der Waals surface area (Å²) in [6, 6.07) is 9.13. The largest absolute Gasteiger partial charge is 0.492 e. The third-order valence-electron chi connectivity index (χ3n) is 4.04. The van der Waals surface area contributed by atoms with E-state index in [0.717, 1.165) is 30.6 Å². The van der Waals surface area contributed by atoms with Crippen molar-refractivity contribution in [1.29, 1.82) is 0 Å². The van der Waals surface area contributed by atoms with Gasteiger partial charge in [-0.3, -0.25) is 0 Å². The normalized spacial score (nSPS) is 14.4. The molecule has 1 heterocycles. The molecule has 0 atom stereocenters. The summed E-state index contributed by atoms with van der Waals surface area (Å²) in [5.41, 5.74) is 3.61. The van der Waals surface area contributed by atoms with Gasteiger partial charge in [0, 0.05) is 18.3 Å². The summed E-state index contributed by atoms with van der Waals surface area (Å²) < 4.78 is 7.93. The van der Waals surface area contributed by atoms with Gasteiger partial charge in [0.25, 0.3) is 0 Å². The van der Waals surface area contributed by atoms with Gasteiger partial charge in [0.1, 0.15) is 12.4 Å². The molecule has 2 aromatic rings.